The number of hydrogen-bond acceptors (Lipinski definition) is 3. The standard InChI is InChI=1S/C9H12ClNO2/c1-6-3-9(12)7(4-8(6)10)5-11-13-2/h3-4,11-12H,5H2,1-2H3. The molecule has 0 aliphatic rings. The summed E-state index contributed by atoms with van der Waals surface area (Å²) in [4.78, 5) is 4.67. The molecule has 0 saturated heterocycles. The second-order valence-electron chi connectivity index (χ2n) is 2.76. The molecule has 0 saturated carbocycles. The second-order valence-corrected chi connectivity index (χ2v) is 3.16. The number of aromatic hydroxyl groups is 1. The van der Waals surface area contributed by atoms with Crippen LogP contribution in [0, 0.1) is 6.92 Å². The van der Waals surface area contributed by atoms with Crippen LogP contribution < -0.4 is 5.48 Å². The van der Waals surface area contributed by atoms with Gasteiger partial charge in [-0.05, 0) is 24.6 Å². The SMILES string of the molecule is CONCc1cc(Cl)c(C)cc1O. The third-order valence-electron chi connectivity index (χ3n) is 1.77. The van der Waals surface area contributed by atoms with Crippen molar-refractivity contribution in [3.05, 3.63) is 28.3 Å². The van der Waals surface area contributed by atoms with Gasteiger partial charge in [-0.3, -0.25) is 0 Å². The van der Waals surface area contributed by atoms with Crippen molar-refractivity contribution in [1.29, 1.82) is 0 Å². The summed E-state index contributed by atoms with van der Waals surface area (Å²) in [5.74, 6) is 0.228. The smallest absolute Gasteiger partial charge is 0.120 e. The molecule has 2 N–H and O–H groups in total. The van der Waals surface area contributed by atoms with Gasteiger partial charge in [-0.25, -0.2) is 0 Å². The predicted molar refractivity (Wildman–Crippen MR) is 51.7 cm³/mol. The number of nitrogens with one attached hydrogen (secondary N) is 1. The molecule has 0 bridgehead atoms. The van der Waals surface area contributed by atoms with E-state index < -0.39 is 0 Å². The number of hydroxylamine groups is 1. The minimum absolute atomic E-state index is 0.228. The van der Waals surface area contributed by atoms with Gasteiger partial charge >= 0.3 is 0 Å². The Balaban J connectivity index is 2.88. The molecular formula is C9H12ClNO2. The molecule has 1 aromatic carbocycles. The third-order valence-corrected chi connectivity index (χ3v) is 2.17. The summed E-state index contributed by atoms with van der Waals surface area (Å²) in [5.41, 5.74) is 4.21. The number of rotatable bonds is 3. The summed E-state index contributed by atoms with van der Waals surface area (Å²) in [6.45, 7) is 2.28. The van der Waals surface area contributed by atoms with Crippen LogP contribution in [0.25, 0.3) is 0 Å². The lowest BCUT2D eigenvalue weighted by molar-refractivity contribution is 0.0861. The molecule has 1 aromatic rings. The van der Waals surface area contributed by atoms with Crippen LogP contribution in [0.15, 0.2) is 12.1 Å². The molecule has 0 aromatic heterocycles. The zero-order valence-corrected chi connectivity index (χ0v) is 8.35. The maximum Gasteiger partial charge on any atom is 0.120 e. The quantitative estimate of drug-likeness (QED) is 0.736. The zero-order chi connectivity index (χ0) is 9.84. The summed E-state index contributed by atoms with van der Waals surface area (Å²) in [5, 5.41) is 10.1. The van der Waals surface area contributed by atoms with Gasteiger partial charge in [-0.1, -0.05) is 11.6 Å². The Labute approximate surface area is 82.2 Å². The number of aryl methyl sites for hydroxylation is 1. The lowest BCUT2D eigenvalue weighted by atomic mass is 10.1. The number of phenols is 1. The Kier molecular flexibility index (Phi) is 3.54. The van der Waals surface area contributed by atoms with Crippen molar-refractivity contribution in [2.24, 2.45) is 0 Å². The Bertz CT molecular complexity index is 302. The van der Waals surface area contributed by atoms with E-state index in [1.807, 2.05) is 6.92 Å². The topological polar surface area (TPSA) is 41.5 Å². The van der Waals surface area contributed by atoms with E-state index in [1.54, 1.807) is 12.1 Å². The summed E-state index contributed by atoms with van der Waals surface area (Å²) >= 11 is 5.89. The first-order valence-electron chi connectivity index (χ1n) is 3.89. The van der Waals surface area contributed by atoms with Crippen LogP contribution >= 0.6 is 11.6 Å². The highest BCUT2D eigenvalue weighted by Crippen LogP contribution is 2.25. The van der Waals surface area contributed by atoms with Crippen molar-refractivity contribution in [1.82, 2.24) is 5.48 Å². The molecule has 0 spiro atoms. The molecule has 72 valence electrons. The van der Waals surface area contributed by atoms with E-state index in [2.05, 4.69) is 10.3 Å². The lowest BCUT2D eigenvalue weighted by Gasteiger charge is -2.07. The van der Waals surface area contributed by atoms with E-state index in [0.29, 0.717) is 11.6 Å². The van der Waals surface area contributed by atoms with Gasteiger partial charge in [0.25, 0.3) is 0 Å². The maximum atomic E-state index is 9.49. The van der Waals surface area contributed by atoms with Gasteiger partial charge in [0, 0.05) is 17.1 Å². The third kappa shape index (κ3) is 2.59. The van der Waals surface area contributed by atoms with E-state index in [0.717, 1.165) is 11.1 Å². The highest BCUT2D eigenvalue weighted by molar-refractivity contribution is 6.31. The Morgan fingerprint density at radius 1 is 1.54 bits per heavy atom. The molecule has 0 radical (unpaired) electrons. The average Bonchev–Trinajstić information content (AvgIpc) is 2.09. The van der Waals surface area contributed by atoms with E-state index in [-0.39, 0.29) is 5.75 Å². The largest absolute Gasteiger partial charge is 0.508 e. The minimum Gasteiger partial charge on any atom is -0.508 e. The molecule has 3 nitrogen and oxygen atoms in total. The number of benzene rings is 1. The molecule has 0 fully saturated rings. The molecular weight excluding hydrogens is 190 g/mol. The van der Waals surface area contributed by atoms with E-state index in [1.165, 1.54) is 7.11 Å². The van der Waals surface area contributed by atoms with E-state index in [9.17, 15) is 5.11 Å². The van der Waals surface area contributed by atoms with E-state index >= 15 is 0 Å². The second kappa shape index (κ2) is 4.46. The van der Waals surface area contributed by atoms with Gasteiger partial charge in [0.15, 0.2) is 0 Å². The van der Waals surface area contributed by atoms with Gasteiger partial charge in [-0.15, -0.1) is 0 Å². The van der Waals surface area contributed by atoms with Gasteiger partial charge in [0.1, 0.15) is 5.75 Å². The molecule has 0 unspecified atom stereocenters. The van der Waals surface area contributed by atoms with Crippen LogP contribution in [-0.4, -0.2) is 12.2 Å². The van der Waals surface area contributed by atoms with Crippen LogP contribution in [-0.2, 0) is 11.4 Å². The van der Waals surface area contributed by atoms with Gasteiger partial charge in [0.05, 0.1) is 7.11 Å². The number of halogens is 1. The Morgan fingerprint density at radius 3 is 2.85 bits per heavy atom. The monoisotopic (exact) mass is 201 g/mol. The first kappa shape index (κ1) is 10.3. The summed E-state index contributed by atoms with van der Waals surface area (Å²) < 4.78 is 0. The maximum absolute atomic E-state index is 9.49. The van der Waals surface area contributed by atoms with Crippen molar-refractivity contribution < 1.29 is 9.94 Å². The van der Waals surface area contributed by atoms with Gasteiger partial charge in [-0.2, -0.15) is 5.48 Å². The summed E-state index contributed by atoms with van der Waals surface area (Å²) in [6, 6.07) is 3.35. The Morgan fingerprint density at radius 2 is 2.23 bits per heavy atom. The van der Waals surface area contributed by atoms with Crippen molar-refractivity contribution in [2.45, 2.75) is 13.5 Å². The fraction of sp³-hybridized carbons (Fsp3) is 0.333. The molecule has 0 heterocycles. The van der Waals surface area contributed by atoms with Crippen molar-refractivity contribution >= 4 is 11.6 Å². The first-order chi connectivity index (χ1) is 6.15. The molecule has 4 heteroatoms. The van der Waals surface area contributed by atoms with E-state index in [4.69, 9.17) is 11.6 Å². The summed E-state index contributed by atoms with van der Waals surface area (Å²) in [7, 11) is 1.52. The van der Waals surface area contributed by atoms with Crippen molar-refractivity contribution in [2.75, 3.05) is 7.11 Å². The first-order valence-corrected chi connectivity index (χ1v) is 4.26. The summed E-state index contributed by atoms with van der Waals surface area (Å²) in [6.07, 6.45) is 0. The van der Waals surface area contributed by atoms with Crippen LogP contribution in [0.2, 0.25) is 5.02 Å². The van der Waals surface area contributed by atoms with Gasteiger partial charge in [0.2, 0.25) is 0 Å². The van der Waals surface area contributed by atoms with Crippen molar-refractivity contribution in [3.63, 3.8) is 0 Å². The number of hydrogen-bond donors (Lipinski definition) is 2. The van der Waals surface area contributed by atoms with Crippen LogP contribution in [0.5, 0.6) is 5.75 Å². The highest BCUT2D eigenvalue weighted by Gasteiger charge is 2.04. The Hall–Kier alpha value is -0.770. The predicted octanol–water partition coefficient (Wildman–Crippen LogP) is 2.01. The van der Waals surface area contributed by atoms with Gasteiger partial charge < -0.3 is 9.94 Å². The molecule has 0 amide bonds. The molecule has 0 aliphatic carbocycles. The molecule has 0 aliphatic heterocycles. The fourth-order valence-electron chi connectivity index (χ4n) is 0.999. The lowest BCUT2D eigenvalue weighted by Crippen LogP contribution is -2.10. The minimum atomic E-state index is 0.228. The van der Waals surface area contributed by atoms with Crippen LogP contribution in [0.4, 0.5) is 0 Å². The fourth-order valence-corrected chi connectivity index (χ4v) is 1.19. The highest BCUT2D eigenvalue weighted by atomic mass is 35.5. The zero-order valence-electron chi connectivity index (χ0n) is 7.60. The molecule has 1 rings (SSSR count). The normalized spacial score (nSPS) is 10.4. The molecule has 0 atom stereocenters. The van der Waals surface area contributed by atoms with Crippen LogP contribution in [0.3, 0.4) is 0 Å². The number of phenolic OH excluding ortho intramolecular Hbond substituents is 1. The molecule has 13 heavy (non-hydrogen) atoms. The van der Waals surface area contributed by atoms with Crippen molar-refractivity contribution in [3.8, 4) is 5.75 Å². The average molecular weight is 202 g/mol. The van der Waals surface area contributed by atoms with Crippen LogP contribution in [0.1, 0.15) is 11.1 Å².